The molecule has 1 unspecified atom stereocenters. The van der Waals surface area contributed by atoms with Crippen molar-refractivity contribution in [3.05, 3.63) is 64.6 Å². The fraction of sp³-hybridized carbons (Fsp3) is 0.200. The van der Waals surface area contributed by atoms with Gasteiger partial charge in [-0.1, -0.05) is 6.07 Å². The Morgan fingerprint density at radius 2 is 1.94 bits per heavy atom. The normalized spacial score (nSPS) is 19.0. The first kappa shape index (κ1) is 20.9. The van der Waals surface area contributed by atoms with Crippen molar-refractivity contribution in [3.8, 4) is 6.07 Å². The average molecular weight is 446 g/mol. The molecule has 2 heterocycles. The Morgan fingerprint density at radius 1 is 1.19 bits per heavy atom. The second-order valence-corrected chi connectivity index (χ2v) is 7.41. The Morgan fingerprint density at radius 3 is 2.58 bits per heavy atom. The fourth-order valence-corrected chi connectivity index (χ4v) is 4.10. The molecule has 1 aliphatic carbocycles. The van der Waals surface area contributed by atoms with Crippen LogP contribution in [0.25, 0.3) is 0 Å². The molecule has 2 aliphatic rings. The van der Waals surface area contributed by atoms with Crippen LogP contribution >= 0.6 is 12.6 Å². The number of nitriles is 1. The van der Waals surface area contributed by atoms with Gasteiger partial charge in [-0.2, -0.15) is 23.5 Å². The van der Waals surface area contributed by atoms with Gasteiger partial charge in [0.2, 0.25) is 0 Å². The number of urea groups is 1. The molecule has 1 N–H and O–H groups in total. The maximum atomic E-state index is 13.1. The number of allylic oxidation sites excluding steroid dienone is 1. The molecule has 0 bridgehead atoms. The van der Waals surface area contributed by atoms with Gasteiger partial charge in [-0.05, 0) is 36.2 Å². The minimum absolute atomic E-state index is 0.0359. The van der Waals surface area contributed by atoms with Gasteiger partial charge in [0, 0.05) is 28.8 Å². The summed E-state index contributed by atoms with van der Waals surface area (Å²) >= 11 is 4.32. The highest BCUT2D eigenvalue weighted by molar-refractivity contribution is 7.80. The Bertz CT molecular complexity index is 1190. The van der Waals surface area contributed by atoms with E-state index >= 15 is 0 Å². The lowest BCUT2D eigenvalue weighted by Crippen LogP contribution is -2.48. The molecule has 2 amide bonds. The number of pyridine rings is 1. The lowest BCUT2D eigenvalue weighted by atomic mass is 9.93. The van der Waals surface area contributed by atoms with E-state index in [1.807, 2.05) is 6.07 Å². The summed E-state index contributed by atoms with van der Waals surface area (Å²) in [6.07, 6.45) is -3.68. The number of carbonyl (C=O) groups excluding carboxylic acids is 2. The van der Waals surface area contributed by atoms with E-state index in [2.05, 4.69) is 17.6 Å². The van der Waals surface area contributed by atoms with Crippen LogP contribution in [0.4, 0.5) is 23.7 Å². The number of hydrogen-bond acceptors (Lipinski definition) is 6. The topological polar surface area (TPSA) is 97.5 Å². The molecule has 0 saturated heterocycles. The first-order chi connectivity index (χ1) is 14.6. The largest absolute Gasteiger partial charge is 0.433 e. The van der Waals surface area contributed by atoms with Crippen molar-refractivity contribution in [2.24, 2.45) is 0 Å². The van der Waals surface area contributed by atoms with Gasteiger partial charge in [0.05, 0.1) is 17.3 Å². The van der Waals surface area contributed by atoms with Crippen molar-refractivity contribution in [1.82, 2.24) is 10.0 Å². The van der Waals surface area contributed by atoms with E-state index in [0.29, 0.717) is 22.3 Å². The van der Waals surface area contributed by atoms with Crippen LogP contribution in [-0.2, 0) is 11.0 Å². The summed E-state index contributed by atoms with van der Waals surface area (Å²) in [6.45, 7) is 0. The predicted molar refractivity (Wildman–Crippen MR) is 103 cm³/mol. The number of aromatic nitrogens is 1. The fourth-order valence-electron chi connectivity index (χ4n) is 3.77. The Kier molecular flexibility index (Phi) is 4.99. The number of Topliss-reactive ketones (excluding diaryl/α,β-unsaturated/α-hetero) is 1. The number of hydroxylamine groups is 2. The third kappa shape index (κ3) is 3.43. The summed E-state index contributed by atoms with van der Waals surface area (Å²) in [7, 11) is 0. The maximum absolute atomic E-state index is 13.1. The molecule has 0 saturated carbocycles. The number of hydrogen-bond donors (Lipinski definition) is 2. The molecule has 158 valence electrons. The Balaban J connectivity index is 1.88. The summed E-state index contributed by atoms with van der Waals surface area (Å²) in [5.41, 5.74) is -0.468. The van der Waals surface area contributed by atoms with Gasteiger partial charge in [-0.3, -0.25) is 19.9 Å². The van der Waals surface area contributed by atoms with Crippen LogP contribution in [0.3, 0.4) is 0 Å². The van der Waals surface area contributed by atoms with E-state index in [9.17, 15) is 28.0 Å². The van der Waals surface area contributed by atoms with Crippen molar-refractivity contribution in [3.63, 3.8) is 0 Å². The molecule has 1 aromatic heterocycles. The molecule has 1 aliphatic heterocycles. The molecule has 0 radical (unpaired) electrons. The number of alkyl halides is 3. The maximum Gasteiger partial charge on any atom is 0.433 e. The van der Waals surface area contributed by atoms with E-state index in [1.54, 1.807) is 0 Å². The second kappa shape index (κ2) is 7.40. The molecule has 7 nitrogen and oxygen atoms in total. The number of benzene rings is 1. The van der Waals surface area contributed by atoms with Gasteiger partial charge in [-0.25, -0.2) is 4.79 Å². The Hall–Kier alpha value is -3.36. The summed E-state index contributed by atoms with van der Waals surface area (Å²) in [5, 5.41) is 20.0. The number of ketones is 1. The van der Waals surface area contributed by atoms with E-state index in [-0.39, 0.29) is 40.5 Å². The highest BCUT2D eigenvalue weighted by Crippen LogP contribution is 2.45. The summed E-state index contributed by atoms with van der Waals surface area (Å²) in [4.78, 5) is 30.2. The van der Waals surface area contributed by atoms with Crippen LogP contribution in [-0.4, -0.2) is 27.1 Å². The van der Waals surface area contributed by atoms with Crippen LogP contribution < -0.4 is 4.90 Å². The third-order valence-electron chi connectivity index (χ3n) is 5.12. The van der Waals surface area contributed by atoms with E-state index in [0.717, 1.165) is 11.1 Å². The monoisotopic (exact) mass is 446 g/mol. The minimum atomic E-state index is -4.73. The molecule has 0 fully saturated rings. The van der Waals surface area contributed by atoms with Gasteiger partial charge in [0.15, 0.2) is 5.78 Å². The van der Waals surface area contributed by atoms with Crippen molar-refractivity contribution in [2.45, 2.75) is 30.0 Å². The first-order valence-corrected chi connectivity index (χ1v) is 9.43. The number of rotatable bonds is 2. The number of thiol groups is 1. The lowest BCUT2D eigenvalue weighted by Gasteiger charge is -2.39. The van der Waals surface area contributed by atoms with E-state index < -0.39 is 23.9 Å². The van der Waals surface area contributed by atoms with Crippen molar-refractivity contribution < 1.29 is 28.0 Å². The molecule has 31 heavy (non-hydrogen) atoms. The van der Waals surface area contributed by atoms with Crippen molar-refractivity contribution in [2.75, 3.05) is 4.90 Å². The van der Waals surface area contributed by atoms with Crippen LogP contribution in [0.2, 0.25) is 0 Å². The number of nitrogens with zero attached hydrogens (tertiary/aromatic N) is 4. The molecule has 1 atom stereocenters. The molecule has 2 aromatic rings. The number of halogens is 3. The molecular weight excluding hydrogens is 433 g/mol. The number of carbonyl (C=O) groups is 2. The van der Waals surface area contributed by atoms with Gasteiger partial charge in [0.25, 0.3) is 0 Å². The molecular formula is C20H13F3N4O3S. The van der Waals surface area contributed by atoms with E-state index in [1.165, 1.54) is 24.3 Å². The smallest absolute Gasteiger partial charge is 0.294 e. The molecule has 0 spiro atoms. The summed E-state index contributed by atoms with van der Waals surface area (Å²) in [5.74, 6) is -0.348. The lowest BCUT2D eigenvalue weighted by molar-refractivity contribution is -0.141. The van der Waals surface area contributed by atoms with Crippen LogP contribution in [0.1, 0.15) is 35.7 Å². The standard InChI is InChI=1S/C20H13F3N4O3S/c21-20(22,23)16-8-11(5-6-25-16)26-13-3-4-14(28)17(13)18(27(30)19(26)29)12-2-1-10(9-24)7-15(12)31/h1-2,5-8,18,30-31H,3-4H2. The summed E-state index contributed by atoms with van der Waals surface area (Å²) < 4.78 is 39.3. The van der Waals surface area contributed by atoms with Crippen LogP contribution in [0.15, 0.2) is 52.7 Å². The van der Waals surface area contributed by atoms with Gasteiger partial charge in [-0.15, -0.1) is 12.6 Å². The SMILES string of the molecule is N#Cc1ccc(C2C3=C(CCC3=O)N(c3ccnc(C(F)(F)F)c3)C(=O)N2O)c(S)c1. The molecule has 4 rings (SSSR count). The number of anilines is 1. The number of amides is 2. The van der Waals surface area contributed by atoms with Crippen LogP contribution in [0.5, 0.6) is 0 Å². The molecule has 1 aromatic carbocycles. The zero-order valence-corrected chi connectivity index (χ0v) is 16.5. The average Bonchev–Trinajstić information content (AvgIpc) is 3.10. The van der Waals surface area contributed by atoms with Crippen molar-refractivity contribution >= 4 is 30.1 Å². The van der Waals surface area contributed by atoms with Crippen LogP contribution in [0, 0.1) is 11.3 Å². The minimum Gasteiger partial charge on any atom is -0.294 e. The second-order valence-electron chi connectivity index (χ2n) is 6.93. The van der Waals surface area contributed by atoms with E-state index in [4.69, 9.17) is 5.26 Å². The van der Waals surface area contributed by atoms with Crippen molar-refractivity contribution in [1.29, 1.82) is 5.26 Å². The predicted octanol–water partition coefficient (Wildman–Crippen LogP) is 4.25. The third-order valence-corrected chi connectivity index (χ3v) is 5.51. The highest BCUT2D eigenvalue weighted by atomic mass is 32.1. The zero-order valence-electron chi connectivity index (χ0n) is 15.6. The highest BCUT2D eigenvalue weighted by Gasteiger charge is 2.46. The Labute approximate surface area is 179 Å². The van der Waals surface area contributed by atoms with Gasteiger partial charge >= 0.3 is 12.2 Å². The first-order valence-electron chi connectivity index (χ1n) is 8.98. The zero-order chi connectivity index (χ0) is 22.5. The quantitative estimate of drug-likeness (QED) is 0.531. The summed E-state index contributed by atoms with van der Waals surface area (Å²) in [6, 6.07) is 5.97. The molecule has 11 heteroatoms. The van der Waals surface area contributed by atoms with Gasteiger partial charge < -0.3 is 0 Å². The van der Waals surface area contributed by atoms with Gasteiger partial charge in [0.1, 0.15) is 11.7 Å².